The van der Waals surface area contributed by atoms with E-state index in [0.717, 1.165) is 31.5 Å². The molecule has 1 aromatic carbocycles. The van der Waals surface area contributed by atoms with Gasteiger partial charge in [-0.3, -0.25) is 0 Å². The van der Waals surface area contributed by atoms with E-state index in [-0.39, 0.29) is 0 Å². The lowest BCUT2D eigenvalue weighted by atomic mass is 9.94. The zero-order chi connectivity index (χ0) is 12.5. The minimum absolute atomic E-state index is 0.373. The maximum Gasteiger partial charge on any atom is 0.395 e. The quantitative estimate of drug-likeness (QED) is 0.799. The molecule has 1 nitrogen and oxygen atoms in total. The van der Waals surface area contributed by atoms with E-state index in [1.54, 1.807) is 12.1 Å². The Balaban J connectivity index is 2.29. The lowest BCUT2D eigenvalue weighted by molar-refractivity contribution is -0.146. The molecule has 4 heteroatoms. The first-order valence-electron chi connectivity index (χ1n) is 5.87. The van der Waals surface area contributed by atoms with E-state index in [1.807, 2.05) is 6.07 Å². The highest BCUT2D eigenvalue weighted by Crippen LogP contribution is 2.35. The molecule has 0 saturated carbocycles. The molecule has 2 rings (SSSR count). The average molecular weight is 243 g/mol. The summed E-state index contributed by atoms with van der Waals surface area (Å²) in [7, 11) is 0. The lowest BCUT2D eigenvalue weighted by Crippen LogP contribution is -2.18. The predicted octanol–water partition coefficient (Wildman–Crippen LogP) is 3.04. The minimum Gasteiger partial charge on any atom is -0.316 e. The van der Waals surface area contributed by atoms with Crippen molar-refractivity contribution in [2.75, 3.05) is 13.1 Å². The molecule has 17 heavy (non-hydrogen) atoms. The molecule has 1 heterocycles. The first kappa shape index (κ1) is 12.4. The van der Waals surface area contributed by atoms with Gasteiger partial charge in [-0.25, -0.2) is 0 Å². The van der Waals surface area contributed by atoms with Crippen LogP contribution in [0.25, 0.3) is 0 Å². The fourth-order valence-electron chi connectivity index (χ4n) is 2.15. The molecule has 0 saturated heterocycles. The number of nitrogens with one attached hydrogen (secondary N) is 1. The van der Waals surface area contributed by atoms with Crippen LogP contribution in [0.1, 0.15) is 29.5 Å². The van der Waals surface area contributed by atoms with Gasteiger partial charge < -0.3 is 5.32 Å². The van der Waals surface area contributed by atoms with E-state index >= 15 is 0 Å². The van der Waals surface area contributed by atoms with Crippen molar-refractivity contribution in [3.05, 3.63) is 34.9 Å². The van der Waals surface area contributed by atoms with Gasteiger partial charge in [-0.2, -0.15) is 13.2 Å². The summed E-state index contributed by atoms with van der Waals surface area (Å²) in [4.78, 5) is 0. The van der Waals surface area contributed by atoms with Crippen LogP contribution < -0.4 is 5.32 Å². The maximum absolute atomic E-state index is 12.6. The molecule has 1 aromatic rings. The van der Waals surface area contributed by atoms with Crippen LogP contribution in [0.3, 0.4) is 0 Å². The number of hydrogen-bond donors (Lipinski definition) is 1. The Bertz CT molecular complexity index is 398. The van der Waals surface area contributed by atoms with Crippen LogP contribution in [0.2, 0.25) is 0 Å². The van der Waals surface area contributed by atoms with Gasteiger partial charge in [-0.1, -0.05) is 18.2 Å². The van der Waals surface area contributed by atoms with Crippen molar-refractivity contribution in [3.63, 3.8) is 0 Å². The molecule has 0 radical (unpaired) electrons. The molecule has 0 aromatic heterocycles. The highest BCUT2D eigenvalue weighted by molar-refractivity contribution is 5.35. The molecule has 0 bridgehead atoms. The van der Waals surface area contributed by atoms with Crippen LogP contribution in [-0.4, -0.2) is 19.3 Å². The van der Waals surface area contributed by atoms with Gasteiger partial charge >= 0.3 is 6.18 Å². The molecular weight excluding hydrogens is 227 g/mol. The Labute approximate surface area is 99.0 Å². The molecule has 0 amide bonds. The summed E-state index contributed by atoms with van der Waals surface area (Å²) in [5.41, 5.74) is 2.61. The second kappa shape index (κ2) is 4.69. The molecule has 0 spiro atoms. The molecule has 1 atom stereocenters. The molecule has 0 fully saturated rings. The molecule has 1 unspecified atom stereocenters. The second-order valence-electron chi connectivity index (χ2n) is 4.54. The SMILES string of the molecule is CC(c1ccc2c(c1)CCNCC2)C(F)(F)F. The van der Waals surface area contributed by atoms with E-state index in [2.05, 4.69) is 5.32 Å². The smallest absolute Gasteiger partial charge is 0.316 e. The predicted molar refractivity (Wildman–Crippen MR) is 61.2 cm³/mol. The summed E-state index contributed by atoms with van der Waals surface area (Å²) in [5, 5.41) is 3.25. The fourth-order valence-corrected chi connectivity index (χ4v) is 2.15. The summed E-state index contributed by atoms with van der Waals surface area (Å²) >= 11 is 0. The van der Waals surface area contributed by atoms with Crippen LogP contribution in [0.5, 0.6) is 0 Å². The number of rotatable bonds is 1. The van der Waals surface area contributed by atoms with Crippen LogP contribution in [0, 0.1) is 0 Å². The van der Waals surface area contributed by atoms with Crippen molar-refractivity contribution in [1.29, 1.82) is 0 Å². The summed E-state index contributed by atoms with van der Waals surface area (Å²) in [6, 6.07) is 5.18. The first-order valence-corrected chi connectivity index (χ1v) is 5.87. The minimum atomic E-state index is -4.16. The van der Waals surface area contributed by atoms with Crippen LogP contribution in [-0.2, 0) is 12.8 Å². The van der Waals surface area contributed by atoms with E-state index in [4.69, 9.17) is 0 Å². The van der Waals surface area contributed by atoms with Crippen LogP contribution in [0.15, 0.2) is 18.2 Å². The summed E-state index contributed by atoms with van der Waals surface area (Å²) in [6.45, 7) is 2.97. The Morgan fingerprint density at radius 2 is 1.76 bits per heavy atom. The number of fused-ring (bicyclic) bond motifs is 1. The number of hydrogen-bond acceptors (Lipinski definition) is 1. The van der Waals surface area contributed by atoms with Crippen molar-refractivity contribution in [2.45, 2.75) is 31.9 Å². The van der Waals surface area contributed by atoms with Crippen molar-refractivity contribution >= 4 is 0 Å². The van der Waals surface area contributed by atoms with E-state index in [0.29, 0.717) is 5.56 Å². The van der Waals surface area contributed by atoms with Gasteiger partial charge in [0, 0.05) is 0 Å². The number of halogens is 3. The third-order valence-electron chi connectivity index (χ3n) is 3.36. The molecule has 0 aliphatic carbocycles. The van der Waals surface area contributed by atoms with Gasteiger partial charge in [0.15, 0.2) is 0 Å². The summed E-state index contributed by atoms with van der Waals surface area (Å²) < 4.78 is 37.9. The van der Waals surface area contributed by atoms with Gasteiger partial charge in [-0.05, 0) is 49.5 Å². The summed E-state index contributed by atoms with van der Waals surface area (Å²) in [5.74, 6) is -1.39. The zero-order valence-electron chi connectivity index (χ0n) is 9.77. The average Bonchev–Trinajstić information content (AvgIpc) is 2.50. The highest BCUT2D eigenvalue weighted by atomic mass is 19.4. The van der Waals surface area contributed by atoms with Crippen LogP contribution >= 0.6 is 0 Å². The van der Waals surface area contributed by atoms with Crippen molar-refractivity contribution in [3.8, 4) is 0 Å². The Morgan fingerprint density at radius 3 is 2.41 bits per heavy atom. The van der Waals surface area contributed by atoms with Gasteiger partial charge in [0.2, 0.25) is 0 Å². The molecule has 1 aliphatic rings. The van der Waals surface area contributed by atoms with Gasteiger partial charge in [-0.15, -0.1) is 0 Å². The van der Waals surface area contributed by atoms with Crippen molar-refractivity contribution in [2.24, 2.45) is 0 Å². The van der Waals surface area contributed by atoms with E-state index < -0.39 is 12.1 Å². The first-order chi connectivity index (χ1) is 7.98. The second-order valence-corrected chi connectivity index (χ2v) is 4.54. The third-order valence-corrected chi connectivity index (χ3v) is 3.36. The zero-order valence-corrected chi connectivity index (χ0v) is 9.77. The lowest BCUT2D eigenvalue weighted by Gasteiger charge is -2.17. The number of alkyl halides is 3. The monoisotopic (exact) mass is 243 g/mol. The third kappa shape index (κ3) is 2.80. The molecular formula is C13H16F3N. The topological polar surface area (TPSA) is 12.0 Å². The fraction of sp³-hybridized carbons (Fsp3) is 0.538. The Morgan fingerprint density at radius 1 is 1.12 bits per heavy atom. The Hall–Kier alpha value is -1.03. The Kier molecular flexibility index (Phi) is 3.43. The van der Waals surface area contributed by atoms with Crippen molar-refractivity contribution < 1.29 is 13.2 Å². The molecule has 94 valence electrons. The molecule has 1 aliphatic heterocycles. The number of benzene rings is 1. The summed E-state index contributed by atoms with van der Waals surface area (Å²) in [6.07, 6.45) is -2.44. The van der Waals surface area contributed by atoms with Gasteiger partial charge in [0.1, 0.15) is 0 Å². The van der Waals surface area contributed by atoms with Crippen LogP contribution in [0.4, 0.5) is 13.2 Å². The normalized spacial score (nSPS) is 18.4. The highest BCUT2D eigenvalue weighted by Gasteiger charge is 2.37. The van der Waals surface area contributed by atoms with Crippen molar-refractivity contribution in [1.82, 2.24) is 5.32 Å². The maximum atomic E-state index is 12.6. The van der Waals surface area contributed by atoms with E-state index in [9.17, 15) is 13.2 Å². The molecule has 1 N–H and O–H groups in total. The van der Waals surface area contributed by atoms with E-state index in [1.165, 1.54) is 12.5 Å². The standard InChI is InChI=1S/C13H16F3N/c1-9(13(14,15)16)11-3-2-10-4-6-17-7-5-12(10)8-11/h2-3,8-9,17H,4-7H2,1H3. The van der Waals surface area contributed by atoms with Gasteiger partial charge in [0.25, 0.3) is 0 Å². The largest absolute Gasteiger partial charge is 0.395 e. The van der Waals surface area contributed by atoms with Gasteiger partial charge in [0.05, 0.1) is 5.92 Å².